The van der Waals surface area contributed by atoms with E-state index >= 15 is 0 Å². The number of thiophene rings is 1. The van der Waals surface area contributed by atoms with Crippen LogP contribution in [0.5, 0.6) is 0 Å². The molecule has 2 heterocycles. The standard InChI is InChI=1S/C23H21ClN2O3S2/c1-23(2,27)22-14-19(26(25-22)18-10-5-4-9-17(18)24)21-12-11-20(30-21)15-7-6-8-16(13-15)31(3,28)29/h4-14,27H,1-3H3. The third-order valence-corrected chi connectivity index (χ3v) is 7.41. The van der Waals surface area contributed by atoms with E-state index in [0.29, 0.717) is 16.4 Å². The van der Waals surface area contributed by atoms with Gasteiger partial charge in [-0.05, 0) is 61.9 Å². The first kappa shape index (κ1) is 21.8. The summed E-state index contributed by atoms with van der Waals surface area (Å²) in [5, 5.41) is 15.7. The number of hydrogen-bond donors (Lipinski definition) is 1. The van der Waals surface area contributed by atoms with Crippen molar-refractivity contribution in [3.8, 4) is 26.7 Å². The lowest BCUT2D eigenvalue weighted by atomic mass is 10.1. The fourth-order valence-electron chi connectivity index (χ4n) is 3.17. The van der Waals surface area contributed by atoms with Gasteiger partial charge in [0.05, 0.1) is 31.9 Å². The molecule has 31 heavy (non-hydrogen) atoms. The van der Waals surface area contributed by atoms with Crippen LogP contribution < -0.4 is 0 Å². The predicted molar refractivity (Wildman–Crippen MR) is 126 cm³/mol. The van der Waals surface area contributed by atoms with Crippen LogP contribution in [-0.4, -0.2) is 29.6 Å². The van der Waals surface area contributed by atoms with Gasteiger partial charge < -0.3 is 5.11 Å². The Bertz CT molecular complexity index is 1370. The minimum absolute atomic E-state index is 0.283. The monoisotopic (exact) mass is 472 g/mol. The van der Waals surface area contributed by atoms with Crippen LogP contribution in [0.2, 0.25) is 5.02 Å². The molecule has 160 valence electrons. The summed E-state index contributed by atoms with van der Waals surface area (Å²) in [6, 6.07) is 20.1. The van der Waals surface area contributed by atoms with Gasteiger partial charge in [0, 0.05) is 11.1 Å². The normalized spacial score (nSPS) is 12.3. The van der Waals surface area contributed by atoms with Crippen molar-refractivity contribution in [2.75, 3.05) is 6.26 Å². The molecule has 0 spiro atoms. The van der Waals surface area contributed by atoms with Crippen LogP contribution >= 0.6 is 22.9 Å². The number of aromatic nitrogens is 2. The zero-order chi connectivity index (χ0) is 22.4. The van der Waals surface area contributed by atoms with Crippen LogP contribution in [0, 0.1) is 0 Å². The molecule has 0 radical (unpaired) electrons. The molecule has 0 aliphatic carbocycles. The van der Waals surface area contributed by atoms with E-state index in [9.17, 15) is 13.5 Å². The van der Waals surface area contributed by atoms with Crippen molar-refractivity contribution in [2.45, 2.75) is 24.3 Å². The Morgan fingerprint density at radius 1 is 1.00 bits per heavy atom. The summed E-state index contributed by atoms with van der Waals surface area (Å²) in [5.41, 5.74) is 1.73. The highest BCUT2D eigenvalue weighted by atomic mass is 35.5. The third-order valence-electron chi connectivity index (χ3n) is 4.82. The largest absolute Gasteiger partial charge is 0.384 e. The Morgan fingerprint density at radius 3 is 2.39 bits per heavy atom. The molecule has 0 fully saturated rings. The van der Waals surface area contributed by atoms with E-state index in [-0.39, 0.29) is 4.90 Å². The van der Waals surface area contributed by atoms with Crippen molar-refractivity contribution >= 4 is 32.8 Å². The summed E-state index contributed by atoms with van der Waals surface area (Å²) < 4.78 is 25.6. The van der Waals surface area contributed by atoms with Gasteiger partial charge in [-0.3, -0.25) is 0 Å². The molecule has 2 aromatic carbocycles. The van der Waals surface area contributed by atoms with Crippen LogP contribution in [-0.2, 0) is 15.4 Å². The molecule has 4 aromatic rings. The van der Waals surface area contributed by atoms with E-state index in [0.717, 1.165) is 21.0 Å². The topological polar surface area (TPSA) is 72.2 Å². The summed E-state index contributed by atoms with van der Waals surface area (Å²) in [5.74, 6) is 0. The van der Waals surface area contributed by atoms with Gasteiger partial charge in [-0.15, -0.1) is 11.3 Å². The van der Waals surface area contributed by atoms with E-state index in [1.165, 1.54) is 17.6 Å². The molecule has 4 rings (SSSR count). The SMILES string of the molecule is CC(C)(O)c1cc(-c2ccc(-c3cccc(S(C)(=O)=O)c3)s2)n(-c2ccccc2Cl)n1. The number of para-hydroxylation sites is 1. The Hall–Kier alpha value is -2.45. The second kappa shape index (κ2) is 7.91. The first-order chi connectivity index (χ1) is 14.5. The van der Waals surface area contributed by atoms with Crippen LogP contribution in [0.3, 0.4) is 0 Å². The van der Waals surface area contributed by atoms with Crippen LogP contribution in [0.1, 0.15) is 19.5 Å². The zero-order valence-electron chi connectivity index (χ0n) is 17.2. The van der Waals surface area contributed by atoms with Gasteiger partial charge in [-0.1, -0.05) is 35.9 Å². The maximum Gasteiger partial charge on any atom is 0.175 e. The first-order valence-electron chi connectivity index (χ1n) is 9.52. The first-order valence-corrected chi connectivity index (χ1v) is 12.6. The van der Waals surface area contributed by atoms with Gasteiger partial charge in [-0.25, -0.2) is 13.1 Å². The number of hydrogen-bond acceptors (Lipinski definition) is 5. The average Bonchev–Trinajstić information content (AvgIpc) is 3.35. The van der Waals surface area contributed by atoms with Crippen molar-refractivity contribution < 1.29 is 13.5 Å². The Balaban J connectivity index is 1.84. The Morgan fingerprint density at radius 2 is 1.71 bits per heavy atom. The fraction of sp³-hybridized carbons (Fsp3) is 0.174. The van der Waals surface area contributed by atoms with Gasteiger partial charge >= 0.3 is 0 Å². The molecule has 0 amide bonds. The lowest BCUT2D eigenvalue weighted by molar-refractivity contribution is 0.0734. The molecule has 0 saturated heterocycles. The second-order valence-electron chi connectivity index (χ2n) is 7.80. The van der Waals surface area contributed by atoms with Crippen molar-refractivity contribution in [1.82, 2.24) is 9.78 Å². The molecule has 0 bridgehead atoms. The lowest BCUT2D eigenvalue weighted by Gasteiger charge is -2.13. The summed E-state index contributed by atoms with van der Waals surface area (Å²) in [6.45, 7) is 3.37. The van der Waals surface area contributed by atoms with Crippen molar-refractivity contribution in [1.29, 1.82) is 0 Å². The quantitative estimate of drug-likeness (QED) is 0.413. The van der Waals surface area contributed by atoms with Crippen molar-refractivity contribution in [3.05, 3.63) is 77.4 Å². The molecule has 0 unspecified atom stereocenters. The van der Waals surface area contributed by atoms with Crippen LogP contribution in [0.25, 0.3) is 26.7 Å². The molecule has 0 aliphatic rings. The molecular formula is C23H21ClN2O3S2. The highest BCUT2D eigenvalue weighted by molar-refractivity contribution is 7.90. The minimum Gasteiger partial charge on any atom is -0.384 e. The smallest absolute Gasteiger partial charge is 0.175 e. The zero-order valence-corrected chi connectivity index (χ0v) is 19.6. The molecule has 0 saturated carbocycles. The van der Waals surface area contributed by atoms with Crippen molar-refractivity contribution in [2.24, 2.45) is 0 Å². The number of sulfone groups is 1. The minimum atomic E-state index is -3.29. The van der Waals surface area contributed by atoms with Gasteiger partial charge in [0.2, 0.25) is 0 Å². The molecule has 8 heteroatoms. The highest BCUT2D eigenvalue weighted by Gasteiger charge is 2.24. The van der Waals surface area contributed by atoms with Gasteiger partial charge in [0.1, 0.15) is 5.60 Å². The predicted octanol–water partition coefficient (Wildman–Crippen LogP) is 5.55. The number of halogens is 1. The van der Waals surface area contributed by atoms with E-state index in [4.69, 9.17) is 11.6 Å². The van der Waals surface area contributed by atoms with Gasteiger partial charge in [-0.2, -0.15) is 5.10 Å². The number of aliphatic hydroxyl groups is 1. The van der Waals surface area contributed by atoms with E-state index in [2.05, 4.69) is 5.10 Å². The van der Waals surface area contributed by atoms with E-state index < -0.39 is 15.4 Å². The number of benzene rings is 2. The molecule has 1 N–H and O–H groups in total. The molecule has 2 aromatic heterocycles. The van der Waals surface area contributed by atoms with Crippen molar-refractivity contribution in [3.63, 3.8) is 0 Å². The summed E-state index contributed by atoms with van der Waals surface area (Å²) in [6.07, 6.45) is 1.20. The Labute approximate surface area is 190 Å². The molecule has 5 nitrogen and oxygen atoms in total. The maximum atomic E-state index is 11.9. The summed E-state index contributed by atoms with van der Waals surface area (Å²) in [7, 11) is -3.29. The molecule has 0 atom stereocenters. The lowest BCUT2D eigenvalue weighted by Crippen LogP contribution is -2.16. The average molecular weight is 473 g/mol. The van der Waals surface area contributed by atoms with Crippen LogP contribution in [0.4, 0.5) is 0 Å². The highest BCUT2D eigenvalue weighted by Crippen LogP contribution is 2.38. The molecular weight excluding hydrogens is 452 g/mol. The number of rotatable bonds is 5. The summed E-state index contributed by atoms with van der Waals surface area (Å²) in [4.78, 5) is 2.13. The van der Waals surface area contributed by atoms with Gasteiger partial charge in [0.15, 0.2) is 9.84 Å². The third kappa shape index (κ3) is 4.45. The van der Waals surface area contributed by atoms with E-state index in [1.54, 1.807) is 42.8 Å². The van der Waals surface area contributed by atoms with Gasteiger partial charge in [0.25, 0.3) is 0 Å². The number of nitrogens with zero attached hydrogens (tertiary/aromatic N) is 2. The Kier molecular flexibility index (Phi) is 5.55. The fourth-order valence-corrected chi connectivity index (χ4v) is 5.06. The molecule has 0 aliphatic heterocycles. The maximum absolute atomic E-state index is 11.9. The van der Waals surface area contributed by atoms with E-state index in [1.807, 2.05) is 42.5 Å². The summed E-state index contributed by atoms with van der Waals surface area (Å²) >= 11 is 7.94. The van der Waals surface area contributed by atoms with Crippen LogP contribution in [0.15, 0.2) is 71.6 Å². The second-order valence-corrected chi connectivity index (χ2v) is 11.3.